The molecule has 0 N–H and O–H groups in total. The third-order valence-electron chi connectivity index (χ3n) is 0.0772. The predicted molar refractivity (Wildman–Crippen MR) is 31.0 cm³/mol. The van der Waals surface area contributed by atoms with Gasteiger partial charge in [0.25, 0.3) is 6.41 Å². The highest BCUT2D eigenvalue weighted by Gasteiger charge is 1.64. The Balaban J connectivity index is 1.97. The van der Waals surface area contributed by atoms with Crippen molar-refractivity contribution in [3.63, 3.8) is 0 Å². The molecule has 0 aromatic heterocycles. The van der Waals surface area contributed by atoms with Gasteiger partial charge in [-0.2, -0.15) is 11.5 Å². The molecule has 0 aliphatic heterocycles. The molecule has 0 saturated carbocycles. The number of halogens is 1. The van der Waals surface area contributed by atoms with Crippen LogP contribution in [0.5, 0.6) is 0 Å². The highest BCUT2D eigenvalue weighted by molar-refractivity contribution is 8.20. The molecule has 0 fully saturated rings. The first-order valence-corrected chi connectivity index (χ1v) is 4.46. The Morgan fingerprint density at radius 3 is 2.25 bits per heavy atom. The molecule has 0 bridgehead atoms. The summed E-state index contributed by atoms with van der Waals surface area (Å²) in [5.74, 6) is 0. The largest absolute Gasteiger partial charge is 0.262 e. The molecular formula is H4BClP2. The summed E-state index contributed by atoms with van der Waals surface area (Å²) < 4.78 is 0. The van der Waals surface area contributed by atoms with Gasteiger partial charge in [-0.05, 0) is 0 Å². The van der Waals surface area contributed by atoms with Crippen molar-refractivity contribution in [2.24, 2.45) is 0 Å². The van der Waals surface area contributed by atoms with E-state index < -0.39 is 0 Å². The van der Waals surface area contributed by atoms with E-state index in [1.807, 2.05) is 0 Å². The van der Waals surface area contributed by atoms with Gasteiger partial charge in [-0.15, -0.1) is 17.1 Å². The summed E-state index contributed by atoms with van der Waals surface area (Å²) >= 11 is 5.18. The van der Waals surface area contributed by atoms with Crippen LogP contribution in [0.2, 0.25) is 0 Å². The fourth-order valence-corrected chi connectivity index (χ4v) is 0. The van der Waals surface area contributed by atoms with E-state index in [1.54, 1.807) is 0 Å². The Bertz CT molecular complexity index is 8.00. The monoisotopic (exact) mass is 112 g/mol. The van der Waals surface area contributed by atoms with E-state index in [0.29, 0.717) is 0 Å². The Labute approximate surface area is 35.7 Å². The maximum absolute atomic E-state index is 5.18. The van der Waals surface area contributed by atoms with Crippen molar-refractivity contribution in [2.75, 3.05) is 0 Å². The van der Waals surface area contributed by atoms with Crippen molar-refractivity contribution in [3.8, 4) is 0 Å². The molecule has 0 spiro atoms. The van der Waals surface area contributed by atoms with Gasteiger partial charge in [0.05, 0.1) is 0 Å². The van der Waals surface area contributed by atoms with Crippen LogP contribution in [-0.2, 0) is 0 Å². The van der Waals surface area contributed by atoms with E-state index in [4.69, 9.17) is 11.5 Å². The number of rotatable bonds is 1. The van der Waals surface area contributed by atoms with Gasteiger partial charge in [-0.25, -0.2) is 0 Å². The van der Waals surface area contributed by atoms with Crippen LogP contribution in [0.4, 0.5) is 0 Å². The second kappa shape index (κ2) is 4.21. The lowest BCUT2D eigenvalue weighted by molar-refractivity contribution is 4.51. The third kappa shape index (κ3) is 3.21. The molecule has 0 aromatic rings. The maximum Gasteiger partial charge on any atom is 0.262 e. The first-order chi connectivity index (χ1) is 1.91. The fraction of sp³-hybridized carbons (Fsp3) is 0. The van der Waals surface area contributed by atoms with Crippen LogP contribution in [0.1, 0.15) is 0 Å². The Morgan fingerprint density at radius 1 is 2.00 bits per heavy atom. The van der Waals surface area contributed by atoms with Crippen molar-refractivity contribution in [3.05, 3.63) is 0 Å². The molecule has 2 unspecified atom stereocenters. The second-order valence-electron chi connectivity index (χ2n) is 0.338. The van der Waals surface area contributed by atoms with E-state index in [-0.39, 0.29) is 0 Å². The molecule has 0 amide bonds. The third-order valence-corrected chi connectivity index (χ3v) is 2.08. The van der Waals surface area contributed by atoms with Crippen molar-refractivity contribution < 1.29 is 0 Å². The maximum atomic E-state index is 5.18. The minimum Gasteiger partial charge on any atom is -0.194 e. The van der Waals surface area contributed by atoms with Crippen LogP contribution in [0.15, 0.2) is 0 Å². The zero-order valence-electron chi connectivity index (χ0n) is 2.16. The highest BCUT2D eigenvalue weighted by Crippen LogP contribution is 2.17. The number of hydrogen-bond acceptors (Lipinski definition) is 0. The molecule has 4 heavy (non-hydrogen) atoms. The van der Waals surface area contributed by atoms with E-state index in [2.05, 4.69) is 8.93 Å². The van der Waals surface area contributed by atoms with Crippen LogP contribution in [0, 0.1) is 0 Å². The summed E-state index contributed by atoms with van der Waals surface area (Å²) in [7, 11) is 3.37. The molecule has 0 radical (unpaired) electrons. The molecule has 0 aliphatic rings. The topological polar surface area (TPSA) is 0 Å². The smallest absolute Gasteiger partial charge is 0.194 e. The molecule has 0 heterocycles. The van der Waals surface area contributed by atoms with Gasteiger partial charge in [0.2, 0.25) is 0 Å². The Hall–Kier alpha value is 1.21. The van der Waals surface area contributed by atoms with Gasteiger partial charge in [0.1, 0.15) is 0 Å². The minimum atomic E-state index is 0.782. The van der Waals surface area contributed by atoms with Crippen molar-refractivity contribution >= 4 is 35.0 Å². The average Bonchev–Trinajstić information content (AvgIpc) is 1.37. The number of hydrogen-bond donors (Lipinski definition) is 0. The highest BCUT2D eigenvalue weighted by atomic mass is 35.5. The van der Waals surface area contributed by atoms with E-state index in [0.717, 1.165) is 14.6 Å². The van der Waals surface area contributed by atoms with Crippen LogP contribution < -0.4 is 0 Å². The zero-order valence-corrected chi connectivity index (χ0v) is 5.07. The van der Waals surface area contributed by atoms with Crippen molar-refractivity contribution in [2.45, 2.75) is 0 Å². The first kappa shape index (κ1) is 5.21. The summed E-state index contributed by atoms with van der Waals surface area (Å²) in [6.07, 6.45) is 0.782. The van der Waals surface area contributed by atoms with E-state index >= 15 is 0 Å². The normalized spacial score (nSPS) is 9.50. The van der Waals surface area contributed by atoms with E-state index in [9.17, 15) is 0 Å². The summed E-state index contributed by atoms with van der Waals surface area (Å²) in [6, 6.07) is 0. The van der Waals surface area contributed by atoms with Crippen LogP contribution in [0.25, 0.3) is 0 Å². The lowest BCUT2D eigenvalue weighted by Gasteiger charge is -1.63. The fourth-order valence-electron chi connectivity index (χ4n) is 0. The molecule has 4 heteroatoms. The van der Waals surface area contributed by atoms with Gasteiger partial charge >= 0.3 is 0 Å². The lowest BCUT2D eigenvalue weighted by atomic mass is 10.7. The summed E-state index contributed by atoms with van der Waals surface area (Å²) in [6.45, 7) is 0. The molecule has 0 aromatic carbocycles. The molecule has 0 saturated heterocycles. The predicted octanol–water partition coefficient (Wildman–Crippen LogP) is 0.960. The van der Waals surface area contributed by atoms with Gasteiger partial charge in [-0.1, -0.05) is 0 Å². The van der Waals surface area contributed by atoms with Gasteiger partial charge in [0.15, 0.2) is 0 Å². The van der Waals surface area contributed by atoms with Crippen LogP contribution in [-0.4, -0.2) is 6.41 Å². The first-order valence-electron chi connectivity index (χ1n) is 0.909. The molecule has 2 atom stereocenters. The molecule has 24 valence electrons. The lowest BCUT2D eigenvalue weighted by Crippen LogP contribution is -1.41. The Kier molecular flexibility index (Phi) is 5.50. The van der Waals surface area contributed by atoms with Crippen LogP contribution in [0.3, 0.4) is 0 Å². The standard InChI is InChI=1S/BClH4P2/c2-1-4-3/h1,4H,3H2. The SMILES string of the molecule is PPBCl. The van der Waals surface area contributed by atoms with Gasteiger partial charge in [0, 0.05) is 0 Å². The van der Waals surface area contributed by atoms with Gasteiger partial charge in [-0.3, -0.25) is 0 Å². The van der Waals surface area contributed by atoms with Crippen molar-refractivity contribution in [1.82, 2.24) is 0 Å². The van der Waals surface area contributed by atoms with Gasteiger partial charge < -0.3 is 0 Å². The minimum absolute atomic E-state index is 0.782. The zero-order chi connectivity index (χ0) is 3.41. The van der Waals surface area contributed by atoms with Crippen LogP contribution >= 0.6 is 28.5 Å². The molecule has 0 nitrogen and oxygen atoms in total. The van der Waals surface area contributed by atoms with Crippen molar-refractivity contribution in [1.29, 1.82) is 0 Å². The molecule has 0 aliphatic carbocycles. The molecular weight excluding hydrogens is 108 g/mol. The molecule has 0 rings (SSSR count). The van der Waals surface area contributed by atoms with E-state index in [1.165, 1.54) is 0 Å². The Morgan fingerprint density at radius 2 is 2.25 bits per heavy atom. The quantitative estimate of drug-likeness (QED) is 0.350. The summed E-state index contributed by atoms with van der Waals surface area (Å²) in [5.41, 5.74) is 0. The average molecular weight is 112 g/mol. The summed E-state index contributed by atoms with van der Waals surface area (Å²) in [4.78, 5) is 0. The summed E-state index contributed by atoms with van der Waals surface area (Å²) in [5, 5.41) is 0. The second-order valence-corrected chi connectivity index (χ2v) is 3.04.